The molecule has 2 aromatic rings. The molecule has 2 rings (SSSR count). The summed E-state index contributed by atoms with van der Waals surface area (Å²) in [5, 5.41) is 19.8. The lowest BCUT2D eigenvalue weighted by molar-refractivity contribution is 0.178. The number of benzene rings is 2. The number of aliphatic hydroxyl groups excluding tert-OH is 1. The molecular weight excluding hydrogens is 228 g/mol. The molecule has 0 aliphatic rings. The SMILES string of the molecule is COc1ccc(C(O)Cc2ccccc2)cc1O. The molecule has 2 N–H and O–H groups in total. The van der Waals surface area contributed by atoms with Crippen LogP contribution in [0.15, 0.2) is 48.5 Å². The third-order valence-corrected chi connectivity index (χ3v) is 2.86. The monoisotopic (exact) mass is 244 g/mol. The van der Waals surface area contributed by atoms with Crippen LogP contribution in [0.2, 0.25) is 0 Å². The molecule has 0 aromatic heterocycles. The van der Waals surface area contributed by atoms with Crippen LogP contribution in [0.1, 0.15) is 17.2 Å². The normalized spacial score (nSPS) is 12.1. The van der Waals surface area contributed by atoms with Gasteiger partial charge in [-0.05, 0) is 23.3 Å². The van der Waals surface area contributed by atoms with Crippen LogP contribution in [-0.2, 0) is 6.42 Å². The smallest absolute Gasteiger partial charge is 0.160 e. The average molecular weight is 244 g/mol. The molecule has 18 heavy (non-hydrogen) atoms. The minimum atomic E-state index is -0.635. The van der Waals surface area contributed by atoms with Gasteiger partial charge in [0.1, 0.15) is 0 Å². The summed E-state index contributed by atoms with van der Waals surface area (Å²) in [6.07, 6.45) is -0.115. The van der Waals surface area contributed by atoms with Crippen molar-refractivity contribution in [2.75, 3.05) is 7.11 Å². The highest BCUT2D eigenvalue weighted by Gasteiger charge is 2.11. The predicted octanol–water partition coefficient (Wildman–Crippen LogP) is 2.68. The summed E-state index contributed by atoms with van der Waals surface area (Å²) in [5.74, 6) is 0.452. The van der Waals surface area contributed by atoms with Gasteiger partial charge in [0.15, 0.2) is 11.5 Å². The zero-order chi connectivity index (χ0) is 13.0. The third kappa shape index (κ3) is 2.81. The first-order valence-electron chi connectivity index (χ1n) is 5.79. The Morgan fingerprint density at radius 2 is 1.83 bits per heavy atom. The van der Waals surface area contributed by atoms with E-state index in [-0.39, 0.29) is 5.75 Å². The Labute approximate surface area is 106 Å². The van der Waals surface area contributed by atoms with Crippen molar-refractivity contribution in [3.8, 4) is 11.5 Å². The predicted molar refractivity (Wildman–Crippen MR) is 69.8 cm³/mol. The molecule has 3 nitrogen and oxygen atoms in total. The largest absolute Gasteiger partial charge is 0.504 e. The minimum Gasteiger partial charge on any atom is -0.504 e. The highest BCUT2D eigenvalue weighted by molar-refractivity contribution is 5.42. The molecule has 1 unspecified atom stereocenters. The molecule has 0 fully saturated rings. The molecule has 0 aliphatic heterocycles. The van der Waals surface area contributed by atoms with E-state index in [0.717, 1.165) is 5.56 Å². The van der Waals surface area contributed by atoms with Gasteiger partial charge in [-0.15, -0.1) is 0 Å². The maximum Gasteiger partial charge on any atom is 0.160 e. The van der Waals surface area contributed by atoms with E-state index in [2.05, 4.69) is 0 Å². The van der Waals surface area contributed by atoms with Gasteiger partial charge in [-0.2, -0.15) is 0 Å². The van der Waals surface area contributed by atoms with E-state index in [9.17, 15) is 10.2 Å². The number of aliphatic hydroxyl groups is 1. The number of methoxy groups -OCH3 is 1. The topological polar surface area (TPSA) is 49.7 Å². The van der Waals surface area contributed by atoms with Crippen molar-refractivity contribution in [1.29, 1.82) is 0 Å². The molecule has 1 atom stereocenters. The van der Waals surface area contributed by atoms with Crippen LogP contribution in [-0.4, -0.2) is 17.3 Å². The lowest BCUT2D eigenvalue weighted by Gasteiger charge is -2.12. The Hall–Kier alpha value is -2.00. The molecule has 0 saturated carbocycles. The second kappa shape index (κ2) is 5.56. The summed E-state index contributed by atoms with van der Waals surface area (Å²) in [5.41, 5.74) is 1.73. The van der Waals surface area contributed by atoms with Gasteiger partial charge < -0.3 is 14.9 Å². The molecule has 0 heterocycles. The Morgan fingerprint density at radius 3 is 2.44 bits per heavy atom. The highest BCUT2D eigenvalue weighted by atomic mass is 16.5. The Morgan fingerprint density at radius 1 is 1.11 bits per heavy atom. The third-order valence-electron chi connectivity index (χ3n) is 2.86. The Kier molecular flexibility index (Phi) is 3.85. The van der Waals surface area contributed by atoms with Gasteiger partial charge in [-0.25, -0.2) is 0 Å². The van der Waals surface area contributed by atoms with Crippen molar-refractivity contribution in [3.63, 3.8) is 0 Å². The standard InChI is InChI=1S/C15H16O3/c1-18-15-8-7-12(10-14(15)17)13(16)9-11-5-3-2-4-6-11/h2-8,10,13,16-17H,9H2,1H3. The number of phenolic OH excluding ortho intramolecular Hbond substituents is 1. The van der Waals surface area contributed by atoms with Crippen molar-refractivity contribution >= 4 is 0 Å². The van der Waals surface area contributed by atoms with E-state index in [1.54, 1.807) is 12.1 Å². The summed E-state index contributed by atoms with van der Waals surface area (Å²) in [6.45, 7) is 0. The maximum atomic E-state index is 10.1. The van der Waals surface area contributed by atoms with E-state index in [4.69, 9.17) is 4.74 Å². The van der Waals surface area contributed by atoms with Crippen molar-refractivity contribution in [3.05, 3.63) is 59.7 Å². The first kappa shape index (κ1) is 12.5. The molecule has 0 radical (unpaired) electrons. The Bertz CT molecular complexity index is 508. The molecular formula is C15H16O3. The van der Waals surface area contributed by atoms with Crippen molar-refractivity contribution in [1.82, 2.24) is 0 Å². The average Bonchev–Trinajstić information content (AvgIpc) is 2.39. The van der Waals surface area contributed by atoms with Gasteiger partial charge in [0.25, 0.3) is 0 Å². The second-order valence-corrected chi connectivity index (χ2v) is 4.14. The van der Waals surface area contributed by atoms with Crippen LogP contribution >= 0.6 is 0 Å². The molecule has 0 spiro atoms. The van der Waals surface area contributed by atoms with Gasteiger partial charge >= 0.3 is 0 Å². The van der Waals surface area contributed by atoms with Crippen molar-refractivity contribution in [2.24, 2.45) is 0 Å². The Balaban J connectivity index is 2.14. The minimum absolute atomic E-state index is 0.0436. The van der Waals surface area contributed by atoms with Crippen LogP contribution in [0.25, 0.3) is 0 Å². The number of rotatable bonds is 4. The van der Waals surface area contributed by atoms with E-state index in [1.165, 1.54) is 13.2 Å². The zero-order valence-electron chi connectivity index (χ0n) is 10.2. The summed E-state index contributed by atoms with van der Waals surface area (Å²) < 4.78 is 4.97. The van der Waals surface area contributed by atoms with E-state index < -0.39 is 6.10 Å². The van der Waals surface area contributed by atoms with Gasteiger partial charge in [0.05, 0.1) is 13.2 Å². The summed E-state index contributed by atoms with van der Waals surface area (Å²) in [7, 11) is 1.50. The van der Waals surface area contributed by atoms with Crippen molar-refractivity contribution < 1.29 is 14.9 Å². The van der Waals surface area contributed by atoms with Gasteiger partial charge in [0, 0.05) is 6.42 Å². The highest BCUT2D eigenvalue weighted by Crippen LogP contribution is 2.29. The summed E-state index contributed by atoms with van der Waals surface area (Å²) in [4.78, 5) is 0. The van der Waals surface area contributed by atoms with Crippen LogP contribution in [0.5, 0.6) is 11.5 Å². The van der Waals surface area contributed by atoms with Crippen LogP contribution in [0.4, 0.5) is 0 Å². The molecule has 94 valence electrons. The maximum absolute atomic E-state index is 10.1. The van der Waals surface area contributed by atoms with Crippen molar-refractivity contribution in [2.45, 2.75) is 12.5 Å². The lowest BCUT2D eigenvalue weighted by atomic mass is 10.0. The quantitative estimate of drug-likeness (QED) is 0.869. The molecule has 0 bridgehead atoms. The number of aromatic hydroxyl groups is 1. The fraction of sp³-hybridized carbons (Fsp3) is 0.200. The fourth-order valence-electron chi connectivity index (χ4n) is 1.87. The first-order chi connectivity index (χ1) is 8.70. The molecule has 0 saturated heterocycles. The summed E-state index contributed by atoms with van der Waals surface area (Å²) >= 11 is 0. The van der Waals surface area contributed by atoms with Gasteiger partial charge in [-0.1, -0.05) is 36.4 Å². The fourth-order valence-corrected chi connectivity index (χ4v) is 1.87. The first-order valence-corrected chi connectivity index (χ1v) is 5.79. The molecule has 0 aliphatic carbocycles. The molecule has 2 aromatic carbocycles. The number of hydrogen-bond donors (Lipinski definition) is 2. The summed E-state index contributed by atoms with van der Waals surface area (Å²) in [6, 6.07) is 14.7. The molecule has 3 heteroatoms. The lowest BCUT2D eigenvalue weighted by Crippen LogP contribution is -2.01. The van der Waals surface area contributed by atoms with Crippen LogP contribution < -0.4 is 4.74 Å². The van der Waals surface area contributed by atoms with E-state index >= 15 is 0 Å². The number of hydrogen-bond acceptors (Lipinski definition) is 3. The molecule has 0 amide bonds. The van der Waals surface area contributed by atoms with Crippen LogP contribution in [0.3, 0.4) is 0 Å². The van der Waals surface area contributed by atoms with Crippen LogP contribution in [0, 0.1) is 0 Å². The number of ether oxygens (including phenoxy) is 1. The van der Waals surface area contributed by atoms with Gasteiger partial charge in [-0.3, -0.25) is 0 Å². The van der Waals surface area contributed by atoms with E-state index in [0.29, 0.717) is 17.7 Å². The zero-order valence-corrected chi connectivity index (χ0v) is 10.2. The number of phenols is 1. The second-order valence-electron chi connectivity index (χ2n) is 4.14. The van der Waals surface area contributed by atoms with Gasteiger partial charge in [0.2, 0.25) is 0 Å². The van der Waals surface area contributed by atoms with E-state index in [1.807, 2.05) is 30.3 Å².